The Bertz CT molecular complexity index is 664. The summed E-state index contributed by atoms with van der Waals surface area (Å²) in [6.45, 7) is 5.16. The van der Waals surface area contributed by atoms with E-state index in [1.54, 1.807) is 10.9 Å². The van der Waals surface area contributed by atoms with Crippen LogP contribution in [0.4, 0.5) is 11.6 Å². The lowest BCUT2D eigenvalue weighted by Crippen LogP contribution is -2.14. The minimum absolute atomic E-state index is 0.00315. The zero-order valence-corrected chi connectivity index (χ0v) is 12.1. The fourth-order valence-electron chi connectivity index (χ4n) is 1.51. The lowest BCUT2D eigenvalue weighted by Gasteiger charge is -2.06. The molecule has 0 spiro atoms. The molecule has 9 heteroatoms. The van der Waals surface area contributed by atoms with Gasteiger partial charge in [0, 0.05) is 19.3 Å². The average Bonchev–Trinajstić information content (AvgIpc) is 2.87. The van der Waals surface area contributed by atoms with Crippen LogP contribution in [-0.4, -0.2) is 34.7 Å². The molecule has 2 aromatic rings. The highest BCUT2D eigenvalue weighted by atomic mass is 32.2. The maximum absolute atomic E-state index is 12.1. The standard InChI is InChI=1S/C11H16N6O2S/c1-3-12-11-13-6-10(7-14-11)20(18,19)16-9-5-15-17(4-2)8-9/h5-8,16H,3-4H2,1-2H3,(H,12,13,14). The van der Waals surface area contributed by atoms with E-state index in [0.29, 0.717) is 24.7 Å². The first-order valence-corrected chi connectivity index (χ1v) is 7.64. The molecule has 0 radical (unpaired) electrons. The van der Waals surface area contributed by atoms with Gasteiger partial charge in [-0.25, -0.2) is 18.4 Å². The van der Waals surface area contributed by atoms with Crippen LogP contribution in [-0.2, 0) is 16.6 Å². The van der Waals surface area contributed by atoms with Crippen molar-refractivity contribution < 1.29 is 8.42 Å². The van der Waals surface area contributed by atoms with E-state index in [2.05, 4.69) is 25.1 Å². The van der Waals surface area contributed by atoms with Crippen LogP contribution in [0.25, 0.3) is 0 Å². The van der Waals surface area contributed by atoms with Crippen LogP contribution in [0.2, 0.25) is 0 Å². The van der Waals surface area contributed by atoms with E-state index in [9.17, 15) is 8.42 Å². The summed E-state index contributed by atoms with van der Waals surface area (Å²) in [6.07, 6.45) is 5.59. The molecule has 0 aromatic carbocycles. The number of rotatable bonds is 6. The number of aryl methyl sites for hydroxylation is 1. The molecule has 2 aromatic heterocycles. The van der Waals surface area contributed by atoms with Gasteiger partial charge in [-0.05, 0) is 13.8 Å². The normalized spacial score (nSPS) is 11.3. The summed E-state index contributed by atoms with van der Waals surface area (Å²) in [6, 6.07) is 0. The second-order valence-electron chi connectivity index (χ2n) is 3.96. The summed E-state index contributed by atoms with van der Waals surface area (Å²) < 4.78 is 28.3. The van der Waals surface area contributed by atoms with E-state index in [1.165, 1.54) is 18.6 Å². The van der Waals surface area contributed by atoms with Crippen molar-refractivity contribution in [2.75, 3.05) is 16.6 Å². The van der Waals surface area contributed by atoms with E-state index < -0.39 is 10.0 Å². The summed E-state index contributed by atoms with van der Waals surface area (Å²) in [4.78, 5) is 7.87. The Kier molecular flexibility index (Phi) is 4.18. The molecule has 2 N–H and O–H groups in total. The lowest BCUT2D eigenvalue weighted by atomic mass is 10.6. The fourth-order valence-corrected chi connectivity index (χ4v) is 2.42. The summed E-state index contributed by atoms with van der Waals surface area (Å²) in [7, 11) is -3.70. The Labute approximate surface area is 117 Å². The molecule has 0 saturated heterocycles. The van der Waals surface area contributed by atoms with Crippen molar-refractivity contribution in [3.63, 3.8) is 0 Å². The topological polar surface area (TPSA) is 102 Å². The molecule has 108 valence electrons. The fraction of sp³-hybridized carbons (Fsp3) is 0.364. The minimum atomic E-state index is -3.70. The highest BCUT2D eigenvalue weighted by Gasteiger charge is 2.16. The first-order valence-electron chi connectivity index (χ1n) is 6.16. The van der Waals surface area contributed by atoms with Crippen molar-refractivity contribution in [3.8, 4) is 0 Å². The average molecular weight is 296 g/mol. The molecule has 0 aliphatic carbocycles. The molecule has 0 unspecified atom stereocenters. The largest absolute Gasteiger partial charge is 0.355 e. The summed E-state index contributed by atoms with van der Waals surface area (Å²) >= 11 is 0. The number of hydrogen-bond acceptors (Lipinski definition) is 6. The Hall–Kier alpha value is -2.16. The highest BCUT2D eigenvalue weighted by Crippen LogP contribution is 2.14. The van der Waals surface area contributed by atoms with Crippen LogP contribution in [0.5, 0.6) is 0 Å². The summed E-state index contributed by atoms with van der Waals surface area (Å²) in [5, 5.41) is 6.90. The number of hydrogen-bond donors (Lipinski definition) is 2. The smallest absolute Gasteiger partial charge is 0.265 e. The van der Waals surface area contributed by atoms with E-state index in [-0.39, 0.29) is 4.90 Å². The molecule has 20 heavy (non-hydrogen) atoms. The van der Waals surface area contributed by atoms with Crippen LogP contribution in [0.1, 0.15) is 13.8 Å². The van der Waals surface area contributed by atoms with Crippen molar-refractivity contribution in [2.45, 2.75) is 25.3 Å². The van der Waals surface area contributed by atoms with Gasteiger partial charge in [0.2, 0.25) is 5.95 Å². The second kappa shape index (κ2) is 5.87. The third kappa shape index (κ3) is 3.23. The molecule has 8 nitrogen and oxygen atoms in total. The van der Waals surface area contributed by atoms with Crippen molar-refractivity contribution in [1.29, 1.82) is 0 Å². The van der Waals surface area contributed by atoms with Gasteiger partial charge in [0.1, 0.15) is 4.90 Å². The number of sulfonamides is 1. The van der Waals surface area contributed by atoms with Crippen molar-refractivity contribution in [3.05, 3.63) is 24.8 Å². The maximum atomic E-state index is 12.1. The monoisotopic (exact) mass is 296 g/mol. The van der Waals surface area contributed by atoms with Crippen LogP contribution in [0, 0.1) is 0 Å². The van der Waals surface area contributed by atoms with Gasteiger partial charge < -0.3 is 5.32 Å². The van der Waals surface area contributed by atoms with Gasteiger partial charge in [-0.3, -0.25) is 9.40 Å². The Morgan fingerprint density at radius 2 is 1.90 bits per heavy atom. The van der Waals surface area contributed by atoms with Gasteiger partial charge in [-0.2, -0.15) is 5.10 Å². The van der Waals surface area contributed by atoms with E-state index in [1.807, 2.05) is 13.8 Å². The second-order valence-corrected chi connectivity index (χ2v) is 5.65. The summed E-state index contributed by atoms with van der Waals surface area (Å²) in [5.41, 5.74) is 0.405. The molecule has 2 heterocycles. The molecular formula is C11H16N6O2S. The number of nitrogens with one attached hydrogen (secondary N) is 2. The van der Waals surface area contributed by atoms with Crippen LogP contribution >= 0.6 is 0 Å². The maximum Gasteiger partial charge on any atom is 0.265 e. The Morgan fingerprint density at radius 3 is 2.45 bits per heavy atom. The quantitative estimate of drug-likeness (QED) is 0.822. The van der Waals surface area contributed by atoms with E-state index in [0.717, 1.165) is 0 Å². The van der Waals surface area contributed by atoms with Crippen molar-refractivity contribution >= 4 is 21.7 Å². The zero-order valence-electron chi connectivity index (χ0n) is 11.2. The minimum Gasteiger partial charge on any atom is -0.355 e. The van der Waals surface area contributed by atoms with Crippen molar-refractivity contribution in [2.24, 2.45) is 0 Å². The first-order chi connectivity index (χ1) is 9.55. The molecule has 0 aliphatic rings. The molecule has 0 fully saturated rings. The Balaban J connectivity index is 2.17. The van der Waals surface area contributed by atoms with Gasteiger partial charge in [0.15, 0.2) is 0 Å². The lowest BCUT2D eigenvalue weighted by molar-refractivity contribution is 0.600. The van der Waals surface area contributed by atoms with Crippen LogP contribution in [0.15, 0.2) is 29.7 Å². The number of aromatic nitrogens is 4. The number of anilines is 2. The SMILES string of the molecule is CCNc1ncc(S(=O)(=O)Nc2cnn(CC)c2)cn1. The van der Waals surface area contributed by atoms with Crippen LogP contribution < -0.4 is 10.0 Å². The molecule has 0 amide bonds. The predicted molar refractivity (Wildman–Crippen MR) is 74.9 cm³/mol. The van der Waals surface area contributed by atoms with Gasteiger partial charge in [-0.1, -0.05) is 0 Å². The highest BCUT2D eigenvalue weighted by molar-refractivity contribution is 7.92. The predicted octanol–water partition coefficient (Wildman–Crippen LogP) is 0.926. The van der Waals surface area contributed by atoms with Crippen LogP contribution in [0.3, 0.4) is 0 Å². The van der Waals surface area contributed by atoms with Gasteiger partial charge >= 0.3 is 0 Å². The van der Waals surface area contributed by atoms with Gasteiger partial charge in [0.05, 0.1) is 24.3 Å². The zero-order chi connectivity index (χ0) is 14.6. The Morgan fingerprint density at radius 1 is 1.20 bits per heavy atom. The molecule has 0 aliphatic heterocycles. The summed E-state index contributed by atoms with van der Waals surface area (Å²) in [5.74, 6) is 0.394. The molecular weight excluding hydrogens is 280 g/mol. The van der Waals surface area contributed by atoms with E-state index in [4.69, 9.17) is 0 Å². The molecule has 0 saturated carbocycles. The van der Waals surface area contributed by atoms with Gasteiger partial charge in [-0.15, -0.1) is 0 Å². The molecule has 0 atom stereocenters. The first kappa shape index (κ1) is 14.3. The molecule has 0 bridgehead atoms. The number of nitrogens with zero attached hydrogens (tertiary/aromatic N) is 4. The van der Waals surface area contributed by atoms with Gasteiger partial charge in [0.25, 0.3) is 10.0 Å². The van der Waals surface area contributed by atoms with E-state index >= 15 is 0 Å². The third-order valence-corrected chi connectivity index (χ3v) is 3.82. The van der Waals surface area contributed by atoms with Crippen molar-refractivity contribution in [1.82, 2.24) is 19.7 Å². The molecule has 2 rings (SSSR count). The third-order valence-electron chi connectivity index (χ3n) is 2.48.